The molecule has 0 N–H and O–H groups in total. The van der Waals surface area contributed by atoms with Crippen LogP contribution in [-0.4, -0.2) is 31.3 Å². The van der Waals surface area contributed by atoms with Gasteiger partial charge < -0.3 is 9.47 Å². The molecule has 0 heterocycles. The first-order valence-electron chi connectivity index (χ1n) is 5.93. The van der Waals surface area contributed by atoms with Crippen LogP contribution < -0.4 is 0 Å². The Morgan fingerprint density at radius 2 is 1.58 bits per heavy atom. The average molecular weight is 282 g/mol. The molecule has 0 fully saturated rings. The fourth-order valence-electron chi connectivity index (χ4n) is 1.09. The summed E-state index contributed by atoms with van der Waals surface area (Å²) in [7, 11) is 0. The molecular weight excluding hydrogens is 265 g/mol. The molecule has 0 unspecified atom stereocenters. The van der Waals surface area contributed by atoms with Crippen LogP contribution >= 0.6 is 0 Å². The van der Waals surface area contributed by atoms with Crippen LogP contribution in [0, 0.1) is 0 Å². The van der Waals surface area contributed by atoms with Crippen molar-refractivity contribution >= 4 is 11.9 Å². The molecule has 0 bridgehead atoms. The highest BCUT2D eigenvalue weighted by Gasteiger charge is 2.29. The van der Waals surface area contributed by atoms with Crippen molar-refractivity contribution in [3.63, 3.8) is 0 Å². The summed E-state index contributed by atoms with van der Waals surface area (Å²) in [6.07, 6.45) is 0.519. The van der Waals surface area contributed by atoms with E-state index in [4.69, 9.17) is 4.74 Å². The van der Waals surface area contributed by atoms with Gasteiger partial charge in [0.25, 0.3) is 0 Å². The lowest BCUT2D eigenvalue weighted by atomic mass is 10.2. The van der Waals surface area contributed by atoms with Gasteiger partial charge >= 0.3 is 18.1 Å². The SMILES string of the molecule is CCCCCCOC(=O)/C=C/C(=O)OCC(F)(F)F. The fraction of sp³-hybridized carbons (Fsp3) is 0.667. The average Bonchev–Trinajstić information content (AvgIpc) is 2.32. The number of rotatable bonds is 8. The van der Waals surface area contributed by atoms with Crippen LogP contribution in [0.3, 0.4) is 0 Å². The topological polar surface area (TPSA) is 52.6 Å². The molecule has 0 rings (SSSR count). The maximum atomic E-state index is 11.7. The van der Waals surface area contributed by atoms with Gasteiger partial charge in [0.15, 0.2) is 6.61 Å². The molecule has 0 spiro atoms. The van der Waals surface area contributed by atoms with E-state index in [1.165, 1.54) is 0 Å². The molecule has 0 atom stereocenters. The molecule has 0 saturated carbocycles. The van der Waals surface area contributed by atoms with Crippen LogP contribution in [0.5, 0.6) is 0 Å². The van der Waals surface area contributed by atoms with Crippen molar-refractivity contribution in [3.8, 4) is 0 Å². The van der Waals surface area contributed by atoms with Crippen LogP contribution in [0.1, 0.15) is 32.6 Å². The van der Waals surface area contributed by atoms with E-state index in [0.717, 1.165) is 25.3 Å². The molecule has 0 aromatic carbocycles. The van der Waals surface area contributed by atoms with Crippen molar-refractivity contribution in [2.45, 2.75) is 38.8 Å². The van der Waals surface area contributed by atoms with Crippen LogP contribution in [0.15, 0.2) is 12.2 Å². The first-order chi connectivity index (χ1) is 8.85. The Morgan fingerprint density at radius 1 is 1.00 bits per heavy atom. The predicted octanol–water partition coefficient (Wildman–Crippen LogP) is 2.77. The van der Waals surface area contributed by atoms with E-state index in [1.54, 1.807) is 0 Å². The minimum absolute atomic E-state index is 0.223. The van der Waals surface area contributed by atoms with E-state index in [1.807, 2.05) is 6.92 Å². The third-order valence-corrected chi connectivity index (χ3v) is 1.98. The lowest BCUT2D eigenvalue weighted by Crippen LogP contribution is -2.19. The molecule has 4 nitrogen and oxygen atoms in total. The molecule has 0 aromatic rings. The summed E-state index contributed by atoms with van der Waals surface area (Å²) in [5, 5.41) is 0. The van der Waals surface area contributed by atoms with E-state index in [0.29, 0.717) is 12.5 Å². The summed E-state index contributed by atoms with van der Waals surface area (Å²) in [6.45, 7) is 0.588. The predicted molar refractivity (Wildman–Crippen MR) is 61.3 cm³/mol. The van der Waals surface area contributed by atoms with Crippen molar-refractivity contribution in [2.75, 3.05) is 13.2 Å². The maximum Gasteiger partial charge on any atom is 0.422 e. The molecule has 0 aliphatic carbocycles. The molecule has 0 amide bonds. The zero-order chi connectivity index (χ0) is 14.7. The summed E-state index contributed by atoms with van der Waals surface area (Å²) < 4.78 is 43.7. The molecule has 0 saturated heterocycles. The molecule has 0 aliphatic heterocycles. The lowest BCUT2D eigenvalue weighted by molar-refractivity contribution is -0.182. The normalized spacial score (nSPS) is 11.6. The molecule has 0 aliphatic rings. The third kappa shape index (κ3) is 12.7. The largest absolute Gasteiger partial charge is 0.463 e. The number of carbonyl (C=O) groups is 2. The van der Waals surface area contributed by atoms with Gasteiger partial charge in [-0.15, -0.1) is 0 Å². The smallest absolute Gasteiger partial charge is 0.422 e. The third-order valence-electron chi connectivity index (χ3n) is 1.98. The number of esters is 2. The van der Waals surface area contributed by atoms with Gasteiger partial charge in [0.2, 0.25) is 0 Å². The highest BCUT2D eigenvalue weighted by atomic mass is 19.4. The van der Waals surface area contributed by atoms with Gasteiger partial charge in [0.05, 0.1) is 6.61 Å². The van der Waals surface area contributed by atoms with Crippen LogP contribution in [0.25, 0.3) is 0 Å². The number of alkyl halides is 3. The summed E-state index contributed by atoms with van der Waals surface area (Å²) in [4.78, 5) is 21.8. The molecule has 0 aromatic heterocycles. The van der Waals surface area contributed by atoms with Gasteiger partial charge in [0, 0.05) is 12.2 Å². The van der Waals surface area contributed by atoms with Crippen molar-refractivity contribution in [2.24, 2.45) is 0 Å². The van der Waals surface area contributed by atoms with E-state index < -0.39 is 24.7 Å². The highest BCUT2D eigenvalue weighted by molar-refractivity contribution is 5.91. The second kappa shape index (κ2) is 9.41. The quantitative estimate of drug-likeness (QED) is 0.390. The van der Waals surface area contributed by atoms with Crippen LogP contribution in [0.4, 0.5) is 13.2 Å². The van der Waals surface area contributed by atoms with Crippen molar-refractivity contribution in [1.82, 2.24) is 0 Å². The Kier molecular flexibility index (Phi) is 8.65. The Labute approximate surface area is 109 Å². The van der Waals surface area contributed by atoms with Gasteiger partial charge in [-0.1, -0.05) is 26.2 Å². The monoisotopic (exact) mass is 282 g/mol. The number of hydrogen-bond acceptors (Lipinski definition) is 4. The van der Waals surface area contributed by atoms with Crippen LogP contribution in [-0.2, 0) is 19.1 Å². The Hall–Kier alpha value is -1.53. The maximum absolute atomic E-state index is 11.7. The van der Waals surface area contributed by atoms with E-state index in [-0.39, 0.29) is 6.61 Å². The summed E-state index contributed by atoms with van der Waals surface area (Å²) in [5.74, 6) is -2.01. The number of hydrogen-bond donors (Lipinski definition) is 0. The zero-order valence-electron chi connectivity index (χ0n) is 10.7. The molecule has 19 heavy (non-hydrogen) atoms. The van der Waals surface area contributed by atoms with Gasteiger partial charge in [0.1, 0.15) is 0 Å². The minimum atomic E-state index is -4.58. The van der Waals surface area contributed by atoms with Crippen molar-refractivity contribution < 1.29 is 32.2 Å². The molecule has 0 radical (unpaired) electrons. The van der Waals surface area contributed by atoms with E-state index >= 15 is 0 Å². The van der Waals surface area contributed by atoms with Crippen molar-refractivity contribution in [3.05, 3.63) is 12.2 Å². The Balaban J connectivity index is 3.73. The molecular formula is C12H17F3O4. The van der Waals surface area contributed by atoms with Crippen molar-refractivity contribution in [1.29, 1.82) is 0 Å². The highest BCUT2D eigenvalue weighted by Crippen LogP contribution is 2.14. The van der Waals surface area contributed by atoms with Gasteiger partial charge in [-0.3, -0.25) is 0 Å². The summed E-state index contributed by atoms with van der Waals surface area (Å²) >= 11 is 0. The summed E-state index contributed by atoms with van der Waals surface area (Å²) in [6, 6.07) is 0. The first kappa shape index (κ1) is 17.5. The van der Waals surface area contributed by atoms with Crippen LogP contribution in [0.2, 0.25) is 0 Å². The molecule has 110 valence electrons. The second-order valence-electron chi connectivity index (χ2n) is 3.78. The first-order valence-corrected chi connectivity index (χ1v) is 5.93. The number of ether oxygens (including phenoxy) is 2. The zero-order valence-corrected chi connectivity index (χ0v) is 10.7. The van der Waals surface area contributed by atoms with Gasteiger partial charge in [-0.25, -0.2) is 9.59 Å². The van der Waals surface area contributed by atoms with E-state index in [2.05, 4.69) is 4.74 Å². The second-order valence-corrected chi connectivity index (χ2v) is 3.78. The van der Waals surface area contributed by atoms with Gasteiger partial charge in [-0.05, 0) is 6.42 Å². The number of unbranched alkanes of at least 4 members (excludes halogenated alkanes) is 3. The Bertz CT molecular complexity index is 311. The standard InChI is InChI=1S/C12H17F3O4/c1-2-3-4-5-8-18-10(16)6-7-11(17)19-9-12(13,14)15/h6-7H,2-5,8-9H2,1H3/b7-6+. The van der Waals surface area contributed by atoms with E-state index in [9.17, 15) is 22.8 Å². The molecule has 7 heteroatoms. The minimum Gasteiger partial charge on any atom is -0.463 e. The van der Waals surface area contributed by atoms with Gasteiger partial charge in [-0.2, -0.15) is 13.2 Å². The lowest BCUT2D eigenvalue weighted by Gasteiger charge is -2.05. The summed E-state index contributed by atoms with van der Waals surface area (Å²) in [5.41, 5.74) is 0. The number of halogens is 3. The fourth-order valence-corrected chi connectivity index (χ4v) is 1.09. The Morgan fingerprint density at radius 3 is 2.11 bits per heavy atom. The number of carbonyl (C=O) groups excluding carboxylic acids is 2.